The summed E-state index contributed by atoms with van der Waals surface area (Å²) in [6.45, 7) is 6.24. The molecular formula is C18H24N4. The molecule has 4 heteroatoms. The molecule has 0 saturated carbocycles. The Hall–Kier alpha value is -2.07. The summed E-state index contributed by atoms with van der Waals surface area (Å²) in [5.74, 6) is 1.03. The van der Waals surface area contributed by atoms with Crippen LogP contribution in [0, 0.1) is 0 Å². The van der Waals surface area contributed by atoms with E-state index in [9.17, 15) is 0 Å². The third-order valence-electron chi connectivity index (χ3n) is 4.44. The van der Waals surface area contributed by atoms with Gasteiger partial charge in [0.05, 0.1) is 17.9 Å². The Kier molecular flexibility index (Phi) is 4.29. The van der Waals surface area contributed by atoms with Crippen molar-refractivity contribution in [1.82, 2.24) is 4.98 Å². The third-order valence-corrected chi connectivity index (χ3v) is 4.44. The minimum Gasteiger partial charge on any atom is -0.377 e. The minimum atomic E-state index is 0.122. The van der Waals surface area contributed by atoms with Gasteiger partial charge in [0.15, 0.2) is 0 Å². The number of nitrogens with two attached hydrogens (primary N) is 1. The highest BCUT2D eigenvalue weighted by molar-refractivity contribution is 5.51. The summed E-state index contributed by atoms with van der Waals surface area (Å²) in [5, 5.41) is 3.57. The molecule has 1 heterocycles. The average molecular weight is 296 g/mol. The molecule has 2 atom stereocenters. The van der Waals surface area contributed by atoms with Gasteiger partial charge in [-0.1, -0.05) is 24.3 Å². The van der Waals surface area contributed by atoms with Crippen molar-refractivity contribution in [3.63, 3.8) is 0 Å². The molecule has 4 nitrogen and oxygen atoms in total. The molecule has 1 aliphatic rings. The van der Waals surface area contributed by atoms with Crippen LogP contribution in [0.25, 0.3) is 0 Å². The highest BCUT2D eigenvalue weighted by Gasteiger charge is 2.27. The van der Waals surface area contributed by atoms with Crippen LogP contribution in [0.4, 0.5) is 11.5 Å². The summed E-state index contributed by atoms with van der Waals surface area (Å²) in [6, 6.07) is 13.0. The molecule has 0 saturated heterocycles. The fraction of sp³-hybridized carbons (Fsp3) is 0.389. The van der Waals surface area contributed by atoms with E-state index in [1.54, 1.807) is 0 Å². The van der Waals surface area contributed by atoms with E-state index in [0.29, 0.717) is 0 Å². The topological polar surface area (TPSA) is 54.2 Å². The highest BCUT2D eigenvalue weighted by Crippen LogP contribution is 2.39. The SMILES string of the molecule is CCN(CC)c1ccc(NC2CC(N)c3ccccc32)cn1. The number of benzene rings is 1. The summed E-state index contributed by atoms with van der Waals surface area (Å²) >= 11 is 0. The Labute approximate surface area is 132 Å². The van der Waals surface area contributed by atoms with Gasteiger partial charge in [-0.15, -0.1) is 0 Å². The quantitative estimate of drug-likeness (QED) is 0.887. The summed E-state index contributed by atoms with van der Waals surface area (Å²) < 4.78 is 0. The number of hydrogen-bond donors (Lipinski definition) is 2. The zero-order valence-electron chi connectivity index (χ0n) is 13.3. The predicted octanol–water partition coefficient (Wildman–Crippen LogP) is 3.48. The average Bonchev–Trinajstić information content (AvgIpc) is 2.87. The van der Waals surface area contributed by atoms with Crippen molar-refractivity contribution in [2.45, 2.75) is 32.4 Å². The van der Waals surface area contributed by atoms with Crippen molar-refractivity contribution in [1.29, 1.82) is 0 Å². The number of nitrogens with zero attached hydrogens (tertiary/aromatic N) is 2. The lowest BCUT2D eigenvalue weighted by Crippen LogP contribution is -2.22. The zero-order chi connectivity index (χ0) is 15.5. The first kappa shape index (κ1) is 14.9. The maximum Gasteiger partial charge on any atom is 0.128 e. The van der Waals surface area contributed by atoms with Crippen LogP contribution in [-0.4, -0.2) is 18.1 Å². The van der Waals surface area contributed by atoms with Gasteiger partial charge in [-0.3, -0.25) is 0 Å². The number of nitrogens with one attached hydrogen (secondary N) is 1. The van der Waals surface area contributed by atoms with E-state index in [4.69, 9.17) is 5.73 Å². The molecule has 0 amide bonds. The van der Waals surface area contributed by atoms with Crippen LogP contribution in [0.1, 0.15) is 43.5 Å². The van der Waals surface area contributed by atoms with E-state index in [0.717, 1.165) is 31.0 Å². The number of pyridine rings is 1. The largest absolute Gasteiger partial charge is 0.377 e. The Bertz CT molecular complexity index is 619. The number of hydrogen-bond acceptors (Lipinski definition) is 4. The second-order valence-electron chi connectivity index (χ2n) is 5.75. The maximum absolute atomic E-state index is 6.23. The number of aromatic nitrogens is 1. The number of fused-ring (bicyclic) bond motifs is 1. The minimum absolute atomic E-state index is 0.122. The Morgan fingerprint density at radius 3 is 2.50 bits per heavy atom. The molecule has 116 valence electrons. The van der Waals surface area contributed by atoms with Crippen molar-refractivity contribution in [3.05, 3.63) is 53.7 Å². The fourth-order valence-electron chi connectivity index (χ4n) is 3.22. The molecule has 0 radical (unpaired) electrons. The first-order valence-electron chi connectivity index (χ1n) is 8.04. The van der Waals surface area contributed by atoms with Crippen molar-refractivity contribution in [2.24, 2.45) is 5.73 Å². The van der Waals surface area contributed by atoms with Gasteiger partial charge in [0.2, 0.25) is 0 Å². The lowest BCUT2D eigenvalue weighted by Gasteiger charge is -2.20. The van der Waals surface area contributed by atoms with E-state index in [2.05, 4.69) is 65.4 Å². The van der Waals surface area contributed by atoms with Gasteiger partial charge in [-0.2, -0.15) is 0 Å². The zero-order valence-corrected chi connectivity index (χ0v) is 13.3. The molecule has 22 heavy (non-hydrogen) atoms. The highest BCUT2D eigenvalue weighted by atomic mass is 15.2. The molecule has 0 fully saturated rings. The molecule has 2 aromatic rings. The summed E-state index contributed by atoms with van der Waals surface area (Å²) in [4.78, 5) is 6.81. The molecule has 1 aromatic heterocycles. The molecule has 3 rings (SSSR count). The van der Waals surface area contributed by atoms with Gasteiger partial charge in [-0.05, 0) is 43.5 Å². The molecule has 2 unspecified atom stereocenters. The van der Waals surface area contributed by atoms with Crippen LogP contribution in [0.5, 0.6) is 0 Å². The summed E-state index contributed by atoms with van der Waals surface area (Å²) in [7, 11) is 0. The van der Waals surface area contributed by atoms with Crippen LogP contribution < -0.4 is 16.0 Å². The van der Waals surface area contributed by atoms with Crippen LogP contribution in [0.15, 0.2) is 42.6 Å². The van der Waals surface area contributed by atoms with Crippen LogP contribution >= 0.6 is 0 Å². The normalized spacial score (nSPS) is 19.8. The number of rotatable bonds is 5. The monoisotopic (exact) mass is 296 g/mol. The van der Waals surface area contributed by atoms with Gasteiger partial charge in [0.1, 0.15) is 5.82 Å². The smallest absolute Gasteiger partial charge is 0.128 e. The van der Waals surface area contributed by atoms with E-state index in [1.165, 1.54) is 11.1 Å². The van der Waals surface area contributed by atoms with Crippen molar-refractivity contribution in [2.75, 3.05) is 23.3 Å². The predicted molar refractivity (Wildman–Crippen MR) is 92.1 cm³/mol. The summed E-state index contributed by atoms with van der Waals surface area (Å²) in [6.07, 6.45) is 2.84. The first-order chi connectivity index (χ1) is 10.7. The van der Waals surface area contributed by atoms with Crippen LogP contribution in [-0.2, 0) is 0 Å². The van der Waals surface area contributed by atoms with Gasteiger partial charge in [-0.25, -0.2) is 4.98 Å². The number of anilines is 2. The Morgan fingerprint density at radius 1 is 1.14 bits per heavy atom. The first-order valence-corrected chi connectivity index (χ1v) is 8.04. The van der Waals surface area contributed by atoms with E-state index < -0.39 is 0 Å². The molecule has 1 aliphatic carbocycles. The van der Waals surface area contributed by atoms with Gasteiger partial charge < -0.3 is 16.0 Å². The van der Waals surface area contributed by atoms with Crippen molar-refractivity contribution < 1.29 is 0 Å². The summed E-state index contributed by atoms with van der Waals surface area (Å²) in [5.41, 5.74) is 9.84. The maximum atomic E-state index is 6.23. The second kappa shape index (κ2) is 6.36. The van der Waals surface area contributed by atoms with Gasteiger partial charge in [0.25, 0.3) is 0 Å². The molecule has 0 bridgehead atoms. The standard InChI is InChI=1S/C18H24N4/c1-3-22(4-2)18-10-9-13(12-20-18)21-17-11-16(19)14-7-5-6-8-15(14)17/h5-10,12,16-17,21H,3-4,11,19H2,1-2H3. The third kappa shape index (κ3) is 2.79. The van der Waals surface area contributed by atoms with Crippen LogP contribution in [0.3, 0.4) is 0 Å². The molecule has 0 aliphatic heterocycles. The lowest BCUT2D eigenvalue weighted by atomic mass is 10.1. The Morgan fingerprint density at radius 2 is 1.86 bits per heavy atom. The van der Waals surface area contributed by atoms with Gasteiger partial charge >= 0.3 is 0 Å². The van der Waals surface area contributed by atoms with Gasteiger partial charge in [0, 0.05) is 19.1 Å². The molecule has 0 spiro atoms. The Balaban J connectivity index is 1.75. The lowest BCUT2D eigenvalue weighted by molar-refractivity contribution is 0.648. The molecule has 3 N–H and O–H groups in total. The van der Waals surface area contributed by atoms with Crippen LogP contribution in [0.2, 0.25) is 0 Å². The molecular weight excluding hydrogens is 272 g/mol. The van der Waals surface area contributed by atoms with Crippen molar-refractivity contribution in [3.8, 4) is 0 Å². The fourth-order valence-corrected chi connectivity index (χ4v) is 3.22. The van der Waals surface area contributed by atoms with Crippen molar-refractivity contribution >= 4 is 11.5 Å². The second-order valence-corrected chi connectivity index (χ2v) is 5.75. The van der Waals surface area contributed by atoms with E-state index in [-0.39, 0.29) is 12.1 Å². The van der Waals surface area contributed by atoms with E-state index >= 15 is 0 Å². The molecule has 1 aromatic carbocycles. The van der Waals surface area contributed by atoms with E-state index in [1.807, 2.05) is 6.20 Å².